The van der Waals surface area contributed by atoms with Gasteiger partial charge in [-0.05, 0) is 42.5 Å². The van der Waals surface area contributed by atoms with Gasteiger partial charge in [0.2, 0.25) is 0 Å². The predicted molar refractivity (Wildman–Crippen MR) is 72.7 cm³/mol. The van der Waals surface area contributed by atoms with Gasteiger partial charge in [-0.2, -0.15) is 5.26 Å². The van der Waals surface area contributed by atoms with Crippen LogP contribution in [-0.4, -0.2) is 7.11 Å². The number of nitrogen functional groups attached to an aromatic ring is 1. The van der Waals surface area contributed by atoms with Gasteiger partial charge in [0.05, 0.1) is 18.7 Å². The van der Waals surface area contributed by atoms with Gasteiger partial charge < -0.3 is 10.5 Å². The summed E-state index contributed by atoms with van der Waals surface area (Å²) in [6.45, 7) is 0. The fourth-order valence-corrected chi connectivity index (χ4v) is 2.32. The molecule has 0 aliphatic rings. The summed E-state index contributed by atoms with van der Waals surface area (Å²) in [6.07, 6.45) is 0. The average Bonchev–Trinajstić information content (AvgIpc) is 2.42. The number of anilines is 1. The maximum atomic E-state index is 8.77. The van der Waals surface area contributed by atoms with Crippen molar-refractivity contribution in [2.24, 2.45) is 0 Å². The van der Waals surface area contributed by atoms with E-state index in [1.54, 1.807) is 31.0 Å². The third-order valence-electron chi connectivity index (χ3n) is 2.43. The van der Waals surface area contributed by atoms with Crippen molar-refractivity contribution in [3.8, 4) is 11.8 Å². The highest BCUT2D eigenvalue weighted by Gasteiger charge is 2.03. The number of methoxy groups -OCH3 is 1. The average molecular weight is 256 g/mol. The minimum atomic E-state index is 0.576. The van der Waals surface area contributed by atoms with Crippen molar-refractivity contribution in [3.05, 3.63) is 48.0 Å². The summed E-state index contributed by atoms with van der Waals surface area (Å²) in [6, 6.07) is 15.1. The van der Waals surface area contributed by atoms with Crippen molar-refractivity contribution >= 4 is 17.4 Å². The molecule has 0 spiro atoms. The molecule has 2 aromatic carbocycles. The number of benzene rings is 2. The second-order valence-corrected chi connectivity index (χ2v) is 4.76. The molecule has 0 saturated carbocycles. The summed E-state index contributed by atoms with van der Waals surface area (Å²) in [7, 11) is 1.64. The molecule has 0 bridgehead atoms. The number of ether oxygens (including phenoxy) is 1. The SMILES string of the molecule is COc1ccc(Sc2ccc(C#N)cc2N)cc1. The van der Waals surface area contributed by atoms with Crippen molar-refractivity contribution in [1.29, 1.82) is 5.26 Å². The van der Waals surface area contributed by atoms with Crippen LogP contribution in [0, 0.1) is 11.3 Å². The molecular formula is C14H12N2OS. The van der Waals surface area contributed by atoms with Gasteiger partial charge in [0.15, 0.2) is 0 Å². The number of hydrogen-bond donors (Lipinski definition) is 1. The zero-order valence-corrected chi connectivity index (χ0v) is 10.7. The normalized spacial score (nSPS) is 9.78. The molecule has 0 heterocycles. The van der Waals surface area contributed by atoms with Gasteiger partial charge in [-0.25, -0.2) is 0 Å². The highest BCUT2D eigenvalue weighted by atomic mass is 32.2. The monoisotopic (exact) mass is 256 g/mol. The Morgan fingerprint density at radius 3 is 2.44 bits per heavy atom. The van der Waals surface area contributed by atoms with Crippen LogP contribution < -0.4 is 10.5 Å². The zero-order valence-electron chi connectivity index (χ0n) is 9.88. The second-order valence-electron chi connectivity index (χ2n) is 3.64. The fourth-order valence-electron chi connectivity index (χ4n) is 1.48. The summed E-state index contributed by atoms with van der Waals surface area (Å²) in [4.78, 5) is 2.02. The van der Waals surface area contributed by atoms with E-state index in [2.05, 4.69) is 6.07 Å². The van der Waals surface area contributed by atoms with Crippen LogP contribution in [0.1, 0.15) is 5.56 Å². The van der Waals surface area contributed by atoms with Crippen LogP contribution in [0.4, 0.5) is 5.69 Å². The van der Waals surface area contributed by atoms with E-state index in [0.717, 1.165) is 15.5 Å². The van der Waals surface area contributed by atoms with Crippen LogP contribution >= 0.6 is 11.8 Å². The fraction of sp³-hybridized carbons (Fsp3) is 0.0714. The topological polar surface area (TPSA) is 59.0 Å². The Hall–Kier alpha value is -2.12. The van der Waals surface area contributed by atoms with E-state index in [1.807, 2.05) is 30.3 Å². The van der Waals surface area contributed by atoms with Crippen LogP contribution in [-0.2, 0) is 0 Å². The lowest BCUT2D eigenvalue weighted by Gasteiger charge is -2.06. The van der Waals surface area contributed by atoms with Crippen LogP contribution in [0.5, 0.6) is 5.75 Å². The smallest absolute Gasteiger partial charge is 0.118 e. The first-order chi connectivity index (χ1) is 8.72. The highest BCUT2D eigenvalue weighted by molar-refractivity contribution is 7.99. The number of nitriles is 1. The first-order valence-electron chi connectivity index (χ1n) is 5.34. The lowest BCUT2D eigenvalue weighted by atomic mass is 10.2. The Morgan fingerprint density at radius 1 is 1.17 bits per heavy atom. The van der Waals surface area contributed by atoms with Gasteiger partial charge in [0, 0.05) is 15.5 Å². The molecule has 4 heteroatoms. The Morgan fingerprint density at radius 2 is 1.89 bits per heavy atom. The lowest BCUT2D eigenvalue weighted by Crippen LogP contribution is -1.89. The van der Waals surface area contributed by atoms with Gasteiger partial charge in [-0.3, -0.25) is 0 Å². The molecule has 2 rings (SSSR count). The first-order valence-corrected chi connectivity index (χ1v) is 6.16. The zero-order chi connectivity index (χ0) is 13.0. The number of nitrogens with zero attached hydrogens (tertiary/aromatic N) is 1. The first kappa shape index (κ1) is 12.3. The molecule has 0 fully saturated rings. The quantitative estimate of drug-likeness (QED) is 0.856. The molecule has 18 heavy (non-hydrogen) atoms. The van der Waals surface area contributed by atoms with Crippen LogP contribution in [0.25, 0.3) is 0 Å². The lowest BCUT2D eigenvalue weighted by molar-refractivity contribution is 0.414. The molecule has 0 unspecified atom stereocenters. The van der Waals surface area contributed by atoms with Gasteiger partial charge in [-0.1, -0.05) is 11.8 Å². The largest absolute Gasteiger partial charge is 0.497 e. The Kier molecular flexibility index (Phi) is 3.75. The molecular weight excluding hydrogens is 244 g/mol. The van der Waals surface area contributed by atoms with Gasteiger partial charge >= 0.3 is 0 Å². The summed E-state index contributed by atoms with van der Waals surface area (Å²) in [5.74, 6) is 0.826. The summed E-state index contributed by atoms with van der Waals surface area (Å²) in [5, 5.41) is 8.77. The van der Waals surface area contributed by atoms with Crippen LogP contribution in [0.2, 0.25) is 0 Å². The van der Waals surface area contributed by atoms with Gasteiger partial charge in [0.25, 0.3) is 0 Å². The predicted octanol–water partition coefficient (Wildman–Crippen LogP) is 3.30. The van der Waals surface area contributed by atoms with Crippen molar-refractivity contribution < 1.29 is 4.74 Å². The molecule has 0 radical (unpaired) electrons. The van der Waals surface area contributed by atoms with Crippen molar-refractivity contribution in [3.63, 3.8) is 0 Å². The number of hydrogen-bond acceptors (Lipinski definition) is 4. The van der Waals surface area contributed by atoms with Crippen LogP contribution in [0.15, 0.2) is 52.3 Å². The van der Waals surface area contributed by atoms with Gasteiger partial charge in [-0.15, -0.1) is 0 Å². The van der Waals surface area contributed by atoms with E-state index in [0.29, 0.717) is 11.3 Å². The molecule has 90 valence electrons. The van der Waals surface area contributed by atoms with Crippen molar-refractivity contribution in [1.82, 2.24) is 0 Å². The summed E-state index contributed by atoms with van der Waals surface area (Å²) < 4.78 is 5.10. The molecule has 2 N–H and O–H groups in total. The van der Waals surface area contributed by atoms with E-state index in [4.69, 9.17) is 15.7 Å². The Bertz CT molecular complexity index is 588. The minimum Gasteiger partial charge on any atom is -0.497 e. The molecule has 0 amide bonds. The molecule has 0 aliphatic carbocycles. The van der Waals surface area contributed by atoms with E-state index >= 15 is 0 Å². The Labute approximate surface area is 110 Å². The van der Waals surface area contributed by atoms with Crippen LogP contribution in [0.3, 0.4) is 0 Å². The molecule has 0 aromatic heterocycles. The molecule has 0 atom stereocenters. The third-order valence-corrected chi connectivity index (χ3v) is 3.53. The van der Waals surface area contributed by atoms with E-state index < -0.39 is 0 Å². The van der Waals surface area contributed by atoms with E-state index in [9.17, 15) is 0 Å². The van der Waals surface area contributed by atoms with E-state index in [1.165, 1.54) is 0 Å². The molecule has 3 nitrogen and oxygen atoms in total. The summed E-state index contributed by atoms with van der Waals surface area (Å²) >= 11 is 1.56. The molecule has 0 aliphatic heterocycles. The standard InChI is InChI=1S/C14H12N2OS/c1-17-11-3-5-12(6-4-11)18-14-7-2-10(9-15)8-13(14)16/h2-8H,16H2,1H3. The van der Waals surface area contributed by atoms with Gasteiger partial charge in [0.1, 0.15) is 5.75 Å². The minimum absolute atomic E-state index is 0.576. The maximum absolute atomic E-state index is 8.77. The van der Waals surface area contributed by atoms with Crippen molar-refractivity contribution in [2.45, 2.75) is 9.79 Å². The molecule has 2 aromatic rings. The van der Waals surface area contributed by atoms with Crippen molar-refractivity contribution in [2.75, 3.05) is 12.8 Å². The summed E-state index contributed by atoms with van der Waals surface area (Å²) in [5.41, 5.74) is 7.10. The van der Waals surface area contributed by atoms with E-state index in [-0.39, 0.29) is 0 Å². The maximum Gasteiger partial charge on any atom is 0.118 e. The third kappa shape index (κ3) is 2.76. The number of rotatable bonds is 3. The molecule has 0 saturated heterocycles. The highest BCUT2D eigenvalue weighted by Crippen LogP contribution is 2.33. The number of nitrogens with two attached hydrogens (primary N) is 1. The second kappa shape index (κ2) is 5.48. The Balaban J connectivity index is 2.20.